The lowest BCUT2D eigenvalue weighted by molar-refractivity contribution is -0.130. The highest BCUT2D eigenvalue weighted by molar-refractivity contribution is 7.17. The van der Waals surface area contributed by atoms with E-state index in [1.807, 2.05) is 6.07 Å². The van der Waals surface area contributed by atoms with Gasteiger partial charge in [0, 0.05) is 30.9 Å². The number of carbonyl (C=O) groups is 3. The number of thiophene rings is 1. The van der Waals surface area contributed by atoms with Crippen LogP contribution in [0.5, 0.6) is 0 Å². The molecule has 0 saturated carbocycles. The van der Waals surface area contributed by atoms with Crippen LogP contribution in [0.25, 0.3) is 0 Å². The zero-order valence-corrected chi connectivity index (χ0v) is 15.6. The Morgan fingerprint density at radius 1 is 1.37 bits per heavy atom. The fraction of sp³-hybridized carbons (Fsp3) is 0.333. The Morgan fingerprint density at radius 2 is 2.22 bits per heavy atom. The number of nitrogens with zero attached hydrogens (tertiary/aromatic N) is 3. The van der Waals surface area contributed by atoms with Gasteiger partial charge in [-0.05, 0) is 24.1 Å². The van der Waals surface area contributed by atoms with Gasteiger partial charge in [0.05, 0.1) is 30.9 Å². The first kappa shape index (κ1) is 17.5. The number of hydrogen-bond acceptors (Lipinski definition) is 6. The second-order valence-corrected chi connectivity index (χ2v) is 7.68. The summed E-state index contributed by atoms with van der Waals surface area (Å²) in [6.07, 6.45) is 3.95. The predicted octanol–water partition coefficient (Wildman–Crippen LogP) is 1.16. The first-order valence-electron chi connectivity index (χ1n) is 8.64. The third kappa shape index (κ3) is 3.37. The van der Waals surface area contributed by atoms with Crippen molar-refractivity contribution >= 4 is 39.7 Å². The normalized spacial score (nSPS) is 16.3. The summed E-state index contributed by atoms with van der Waals surface area (Å²) in [7, 11) is 1.63. The number of carbonyl (C=O) groups excluding carboxylic acids is 3. The molecule has 9 heteroatoms. The van der Waals surface area contributed by atoms with Crippen molar-refractivity contribution in [2.24, 2.45) is 0 Å². The van der Waals surface area contributed by atoms with Gasteiger partial charge in [-0.25, -0.2) is 0 Å². The highest BCUT2D eigenvalue weighted by Crippen LogP contribution is 2.38. The lowest BCUT2D eigenvalue weighted by Crippen LogP contribution is -2.39. The number of fused-ring (bicyclic) bond motifs is 3. The number of nitrogens with one attached hydrogen (secondary N) is 2. The van der Waals surface area contributed by atoms with Crippen LogP contribution >= 0.6 is 11.3 Å². The summed E-state index contributed by atoms with van der Waals surface area (Å²) in [5.41, 5.74) is 2.34. The van der Waals surface area contributed by atoms with E-state index in [2.05, 4.69) is 15.6 Å². The van der Waals surface area contributed by atoms with E-state index < -0.39 is 0 Å². The van der Waals surface area contributed by atoms with Crippen LogP contribution in [0.3, 0.4) is 0 Å². The summed E-state index contributed by atoms with van der Waals surface area (Å²) >= 11 is 1.39. The van der Waals surface area contributed by atoms with Crippen LogP contribution in [0, 0.1) is 0 Å². The zero-order valence-electron chi connectivity index (χ0n) is 14.8. The fourth-order valence-electron chi connectivity index (χ4n) is 3.33. The van der Waals surface area contributed by atoms with Crippen LogP contribution in [0.4, 0.5) is 10.7 Å². The van der Waals surface area contributed by atoms with Crippen LogP contribution in [-0.4, -0.2) is 59.2 Å². The summed E-state index contributed by atoms with van der Waals surface area (Å²) in [5, 5.41) is 6.50. The maximum absolute atomic E-state index is 12.6. The maximum atomic E-state index is 12.6. The first-order chi connectivity index (χ1) is 13.0. The number of anilines is 2. The molecule has 0 fully saturated rings. The number of pyridine rings is 1. The third-order valence-corrected chi connectivity index (χ3v) is 5.84. The van der Waals surface area contributed by atoms with Crippen molar-refractivity contribution in [3.63, 3.8) is 0 Å². The van der Waals surface area contributed by atoms with Gasteiger partial charge in [-0.15, -0.1) is 11.3 Å². The molecule has 4 rings (SSSR count). The van der Waals surface area contributed by atoms with E-state index in [0.29, 0.717) is 30.1 Å². The molecular formula is C18H19N5O3S. The summed E-state index contributed by atoms with van der Waals surface area (Å²) in [5.74, 6) is -0.351. The van der Waals surface area contributed by atoms with Gasteiger partial charge in [0.25, 0.3) is 5.91 Å². The molecule has 2 aromatic rings. The monoisotopic (exact) mass is 385 g/mol. The van der Waals surface area contributed by atoms with Gasteiger partial charge in [-0.2, -0.15) is 0 Å². The van der Waals surface area contributed by atoms with Crippen molar-refractivity contribution in [2.45, 2.75) is 13.0 Å². The molecule has 2 aliphatic heterocycles. The average Bonchev–Trinajstić information content (AvgIpc) is 2.97. The molecule has 0 aromatic carbocycles. The predicted molar refractivity (Wildman–Crippen MR) is 102 cm³/mol. The average molecular weight is 385 g/mol. The Bertz CT molecular complexity index is 911. The molecule has 3 amide bonds. The molecular weight excluding hydrogens is 366 g/mol. The van der Waals surface area contributed by atoms with E-state index >= 15 is 0 Å². The molecule has 27 heavy (non-hydrogen) atoms. The van der Waals surface area contributed by atoms with Gasteiger partial charge in [-0.3, -0.25) is 19.4 Å². The Morgan fingerprint density at radius 3 is 3.00 bits per heavy atom. The van der Waals surface area contributed by atoms with Crippen molar-refractivity contribution in [1.82, 2.24) is 14.8 Å². The lowest BCUT2D eigenvalue weighted by atomic mass is 10.0. The molecule has 0 aliphatic carbocycles. The van der Waals surface area contributed by atoms with Gasteiger partial charge >= 0.3 is 0 Å². The summed E-state index contributed by atoms with van der Waals surface area (Å²) in [6, 6.07) is 3.66. The Labute approximate surface area is 160 Å². The molecule has 2 aromatic heterocycles. The summed E-state index contributed by atoms with van der Waals surface area (Å²) < 4.78 is 0. The molecule has 8 nitrogen and oxygen atoms in total. The van der Waals surface area contributed by atoms with Crippen LogP contribution in [-0.2, 0) is 22.6 Å². The van der Waals surface area contributed by atoms with E-state index in [1.165, 1.54) is 16.2 Å². The van der Waals surface area contributed by atoms with Crippen LogP contribution < -0.4 is 10.6 Å². The van der Waals surface area contributed by atoms with Gasteiger partial charge < -0.3 is 20.4 Å². The van der Waals surface area contributed by atoms with E-state index in [9.17, 15) is 14.4 Å². The third-order valence-electron chi connectivity index (χ3n) is 4.71. The molecule has 0 unspecified atom stereocenters. The second kappa shape index (κ2) is 6.99. The number of aromatic nitrogens is 1. The fourth-order valence-corrected chi connectivity index (χ4v) is 4.60. The summed E-state index contributed by atoms with van der Waals surface area (Å²) in [4.78, 5) is 45.3. The zero-order chi connectivity index (χ0) is 19.0. The Balaban J connectivity index is 1.49. The minimum Gasteiger partial charge on any atom is -0.375 e. The molecule has 0 spiro atoms. The number of hydrogen-bond donors (Lipinski definition) is 2. The van der Waals surface area contributed by atoms with Crippen molar-refractivity contribution in [3.05, 3.63) is 40.5 Å². The van der Waals surface area contributed by atoms with E-state index in [0.717, 1.165) is 16.1 Å². The first-order valence-corrected chi connectivity index (χ1v) is 9.46. The van der Waals surface area contributed by atoms with Crippen molar-refractivity contribution in [1.29, 1.82) is 0 Å². The molecule has 0 saturated heterocycles. The molecule has 0 bridgehead atoms. The minimum atomic E-state index is -0.197. The van der Waals surface area contributed by atoms with Gasteiger partial charge in [0.1, 0.15) is 5.00 Å². The highest BCUT2D eigenvalue weighted by Gasteiger charge is 2.33. The maximum Gasteiger partial charge on any atom is 0.257 e. The number of likely N-dealkylation sites (N-methyl/N-ethyl adjacent to an activating group) is 1. The van der Waals surface area contributed by atoms with Crippen LogP contribution in [0.15, 0.2) is 24.5 Å². The van der Waals surface area contributed by atoms with Crippen LogP contribution in [0.1, 0.15) is 20.8 Å². The quantitative estimate of drug-likeness (QED) is 0.827. The van der Waals surface area contributed by atoms with Crippen molar-refractivity contribution in [2.75, 3.05) is 37.3 Å². The van der Waals surface area contributed by atoms with Gasteiger partial charge in [0.15, 0.2) is 0 Å². The molecule has 0 atom stereocenters. The highest BCUT2D eigenvalue weighted by atomic mass is 32.1. The topological polar surface area (TPSA) is 94.6 Å². The number of amides is 3. The SMILES string of the molecule is CN1CC(=O)Nc2sc3c(c2C1=O)CCN(C(=O)CNc1cccnc1)C3. The van der Waals surface area contributed by atoms with Gasteiger partial charge in [-0.1, -0.05) is 0 Å². The van der Waals surface area contributed by atoms with Gasteiger partial charge in [0.2, 0.25) is 11.8 Å². The summed E-state index contributed by atoms with van der Waals surface area (Å²) in [6.45, 7) is 1.24. The largest absolute Gasteiger partial charge is 0.375 e. The minimum absolute atomic E-state index is 0.0134. The second-order valence-electron chi connectivity index (χ2n) is 6.58. The standard InChI is InChI=1S/C18H19N5O3S/c1-22-10-14(24)21-17-16(18(22)26)12-4-6-23(9-13(12)27-17)15(25)8-20-11-3-2-5-19-7-11/h2-3,5,7,20H,4,6,8-10H2,1H3,(H,21,24). The Hall–Kier alpha value is -2.94. The van der Waals surface area contributed by atoms with Crippen molar-refractivity contribution in [3.8, 4) is 0 Å². The lowest BCUT2D eigenvalue weighted by Gasteiger charge is -2.28. The molecule has 4 heterocycles. The van der Waals surface area contributed by atoms with E-state index in [1.54, 1.807) is 30.4 Å². The Kier molecular flexibility index (Phi) is 4.53. The molecule has 0 radical (unpaired) electrons. The smallest absolute Gasteiger partial charge is 0.257 e. The van der Waals surface area contributed by atoms with Crippen molar-refractivity contribution < 1.29 is 14.4 Å². The molecule has 2 N–H and O–H groups in total. The van der Waals surface area contributed by atoms with E-state index in [-0.39, 0.29) is 30.8 Å². The number of rotatable bonds is 3. The molecule has 140 valence electrons. The van der Waals surface area contributed by atoms with E-state index in [4.69, 9.17) is 0 Å². The van der Waals surface area contributed by atoms with Crippen LogP contribution in [0.2, 0.25) is 0 Å². The molecule has 2 aliphatic rings.